The molecule has 4 rings (SSSR count). The maximum absolute atomic E-state index is 13.1. The van der Waals surface area contributed by atoms with Gasteiger partial charge in [0.05, 0.1) is 12.1 Å². The number of benzene rings is 2. The van der Waals surface area contributed by atoms with Crippen LogP contribution in [0, 0.1) is 20.8 Å². The molecule has 6 nitrogen and oxygen atoms in total. The highest BCUT2D eigenvalue weighted by Crippen LogP contribution is 2.31. The zero-order valence-electron chi connectivity index (χ0n) is 17.8. The second-order valence-corrected chi connectivity index (χ2v) is 7.85. The van der Waals surface area contributed by atoms with Crippen molar-refractivity contribution < 1.29 is 9.59 Å². The summed E-state index contributed by atoms with van der Waals surface area (Å²) in [6.45, 7) is 5.84. The zero-order chi connectivity index (χ0) is 22.0. The third-order valence-electron chi connectivity index (χ3n) is 5.09. The molecular weight excluding hydrogens is 388 g/mol. The van der Waals surface area contributed by atoms with Gasteiger partial charge < -0.3 is 5.32 Å². The molecule has 1 N–H and O–H groups in total. The highest BCUT2D eigenvalue weighted by molar-refractivity contribution is 6.18. The summed E-state index contributed by atoms with van der Waals surface area (Å²) in [6.07, 6.45) is 1.70. The molecule has 3 aromatic rings. The monoisotopic (exact) mass is 412 g/mol. The third kappa shape index (κ3) is 4.69. The van der Waals surface area contributed by atoms with Crippen molar-refractivity contribution in [1.82, 2.24) is 4.98 Å². The lowest BCUT2D eigenvalue weighted by atomic mass is 10.1. The number of hydrogen-bond donors (Lipinski definition) is 1. The molecule has 0 spiro atoms. The number of aryl methyl sites for hydroxylation is 3. The van der Waals surface area contributed by atoms with Crippen molar-refractivity contribution in [2.24, 2.45) is 4.99 Å². The van der Waals surface area contributed by atoms with Gasteiger partial charge in [0.15, 0.2) is 5.82 Å². The Balaban J connectivity index is 1.60. The minimum atomic E-state index is -0.284. The predicted octanol–water partition coefficient (Wildman–Crippen LogP) is 4.50. The average molecular weight is 412 g/mol. The summed E-state index contributed by atoms with van der Waals surface area (Å²) in [5.74, 6) is -0.105. The topological polar surface area (TPSA) is 74.7 Å². The van der Waals surface area contributed by atoms with Crippen molar-refractivity contribution in [1.29, 1.82) is 0 Å². The maximum Gasteiger partial charge on any atom is 0.244 e. The van der Waals surface area contributed by atoms with Crippen LogP contribution in [0.1, 0.15) is 28.7 Å². The Morgan fingerprint density at radius 2 is 1.71 bits per heavy atom. The fraction of sp³-hybridized carbons (Fsp3) is 0.200. The summed E-state index contributed by atoms with van der Waals surface area (Å²) in [4.78, 5) is 36.4. The Morgan fingerprint density at radius 1 is 1.00 bits per heavy atom. The van der Waals surface area contributed by atoms with Gasteiger partial charge in [0.2, 0.25) is 11.8 Å². The van der Waals surface area contributed by atoms with Gasteiger partial charge in [0.25, 0.3) is 0 Å². The third-order valence-corrected chi connectivity index (χ3v) is 5.09. The SMILES string of the molecule is Cc1ccc(C2=Nc3cccnc3N(CC(=O)Nc3cc(C)cc(C)c3)C(=O)C2)cc1. The first-order chi connectivity index (χ1) is 14.9. The molecule has 0 saturated heterocycles. The zero-order valence-corrected chi connectivity index (χ0v) is 17.8. The van der Waals surface area contributed by atoms with Crippen molar-refractivity contribution in [3.63, 3.8) is 0 Å². The van der Waals surface area contributed by atoms with E-state index in [1.807, 2.05) is 69.3 Å². The van der Waals surface area contributed by atoms with Gasteiger partial charge in [-0.25, -0.2) is 9.98 Å². The van der Waals surface area contributed by atoms with E-state index >= 15 is 0 Å². The van der Waals surface area contributed by atoms with E-state index in [2.05, 4.69) is 10.3 Å². The number of hydrogen-bond acceptors (Lipinski definition) is 4. The molecule has 0 aliphatic carbocycles. The number of nitrogens with one attached hydrogen (secondary N) is 1. The summed E-state index contributed by atoms with van der Waals surface area (Å²) in [5, 5.41) is 2.89. The van der Waals surface area contributed by atoms with Crippen molar-refractivity contribution >= 4 is 34.7 Å². The summed E-state index contributed by atoms with van der Waals surface area (Å²) < 4.78 is 0. The van der Waals surface area contributed by atoms with E-state index in [4.69, 9.17) is 4.99 Å². The second-order valence-electron chi connectivity index (χ2n) is 7.85. The highest BCUT2D eigenvalue weighted by atomic mass is 16.2. The number of fused-ring (bicyclic) bond motifs is 1. The molecule has 0 radical (unpaired) electrons. The molecule has 31 heavy (non-hydrogen) atoms. The summed E-state index contributed by atoms with van der Waals surface area (Å²) in [5.41, 5.74) is 6.09. The lowest BCUT2D eigenvalue weighted by Gasteiger charge is -2.20. The maximum atomic E-state index is 13.1. The Morgan fingerprint density at radius 3 is 2.42 bits per heavy atom. The van der Waals surface area contributed by atoms with E-state index in [-0.39, 0.29) is 24.8 Å². The molecule has 0 saturated carbocycles. The van der Waals surface area contributed by atoms with Gasteiger partial charge in [-0.1, -0.05) is 35.9 Å². The molecule has 156 valence electrons. The normalized spacial score (nSPS) is 13.3. The number of rotatable bonds is 4. The number of aromatic nitrogens is 1. The molecule has 0 unspecified atom stereocenters. The van der Waals surface area contributed by atoms with Crippen LogP contribution in [0.3, 0.4) is 0 Å². The number of carbonyl (C=O) groups excluding carboxylic acids is 2. The fourth-order valence-corrected chi connectivity index (χ4v) is 3.69. The van der Waals surface area contributed by atoms with Crippen LogP contribution in [0.5, 0.6) is 0 Å². The fourth-order valence-electron chi connectivity index (χ4n) is 3.69. The van der Waals surface area contributed by atoms with Crippen LogP contribution < -0.4 is 10.2 Å². The summed E-state index contributed by atoms with van der Waals surface area (Å²) in [7, 11) is 0. The van der Waals surface area contributed by atoms with E-state index in [0.717, 1.165) is 22.3 Å². The predicted molar refractivity (Wildman–Crippen MR) is 123 cm³/mol. The van der Waals surface area contributed by atoms with Gasteiger partial charge in [-0.05, 0) is 61.7 Å². The summed E-state index contributed by atoms with van der Waals surface area (Å²) >= 11 is 0. The number of aliphatic imine (C=N–C) groups is 1. The van der Waals surface area contributed by atoms with Gasteiger partial charge in [-0.3, -0.25) is 14.5 Å². The molecule has 6 heteroatoms. The van der Waals surface area contributed by atoms with Crippen LogP contribution in [-0.4, -0.2) is 29.1 Å². The Labute approximate surface area is 181 Å². The van der Waals surface area contributed by atoms with E-state index < -0.39 is 0 Å². The quantitative estimate of drug-likeness (QED) is 0.685. The molecule has 1 aliphatic heterocycles. The molecule has 1 aliphatic rings. The van der Waals surface area contributed by atoms with Crippen molar-refractivity contribution in [2.45, 2.75) is 27.2 Å². The van der Waals surface area contributed by atoms with Crippen LogP contribution in [0.4, 0.5) is 17.2 Å². The number of pyridine rings is 1. The molecular formula is C25H24N4O2. The second kappa shape index (κ2) is 8.52. The molecule has 2 amide bonds. The van der Waals surface area contributed by atoms with Gasteiger partial charge in [-0.2, -0.15) is 0 Å². The van der Waals surface area contributed by atoms with Crippen LogP contribution in [0.2, 0.25) is 0 Å². The molecule has 2 aromatic carbocycles. The molecule has 2 heterocycles. The lowest BCUT2D eigenvalue weighted by molar-refractivity contribution is -0.120. The van der Waals surface area contributed by atoms with Crippen LogP contribution >= 0.6 is 0 Å². The highest BCUT2D eigenvalue weighted by Gasteiger charge is 2.27. The van der Waals surface area contributed by atoms with Crippen LogP contribution in [0.25, 0.3) is 0 Å². The first kappa shape index (κ1) is 20.5. The van der Waals surface area contributed by atoms with Gasteiger partial charge in [0.1, 0.15) is 12.2 Å². The lowest BCUT2D eigenvalue weighted by Crippen LogP contribution is -2.39. The van der Waals surface area contributed by atoms with Crippen LogP contribution in [-0.2, 0) is 9.59 Å². The number of anilines is 2. The summed E-state index contributed by atoms with van der Waals surface area (Å²) in [6, 6.07) is 17.3. The standard InChI is InChI=1S/C25H24N4O2/c1-16-6-8-19(9-7-16)22-14-24(31)29(25-21(28-22)5-4-10-26-25)15-23(30)27-20-12-17(2)11-18(3)13-20/h4-13H,14-15H2,1-3H3,(H,27,30). The van der Waals surface area contributed by atoms with E-state index in [9.17, 15) is 9.59 Å². The molecule has 0 atom stereocenters. The Kier molecular flexibility index (Phi) is 5.62. The number of amides is 2. The largest absolute Gasteiger partial charge is 0.325 e. The molecule has 0 bridgehead atoms. The van der Waals surface area contributed by atoms with Crippen molar-refractivity contribution in [3.8, 4) is 0 Å². The van der Waals surface area contributed by atoms with Crippen molar-refractivity contribution in [2.75, 3.05) is 16.8 Å². The Bertz CT molecular complexity index is 1160. The minimum absolute atomic E-state index is 0.0935. The van der Waals surface area contributed by atoms with E-state index in [1.54, 1.807) is 12.3 Å². The first-order valence-electron chi connectivity index (χ1n) is 10.2. The number of carbonyl (C=O) groups is 2. The number of nitrogens with zero attached hydrogens (tertiary/aromatic N) is 3. The van der Waals surface area contributed by atoms with Gasteiger partial charge in [-0.15, -0.1) is 0 Å². The molecule has 1 aromatic heterocycles. The Hall–Kier alpha value is -3.80. The molecule has 0 fully saturated rings. The minimum Gasteiger partial charge on any atom is -0.325 e. The smallest absolute Gasteiger partial charge is 0.244 e. The van der Waals surface area contributed by atoms with E-state index in [0.29, 0.717) is 22.9 Å². The first-order valence-corrected chi connectivity index (χ1v) is 10.2. The van der Waals surface area contributed by atoms with Gasteiger partial charge >= 0.3 is 0 Å². The van der Waals surface area contributed by atoms with Gasteiger partial charge in [0, 0.05) is 11.9 Å². The van der Waals surface area contributed by atoms with Crippen LogP contribution in [0.15, 0.2) is 65.8 Å². The average Bonchev–Trinajstić information content (AvgIpc) is 2.84. The van der Waals surface area contributed by atoms with Crippen molar-refractivity contribution in [3.05, 3.63) is 83.0 Å². The van der Waals surface area contributed by atoms with E-state index in [1.165, 1.54) is 4.90 Å².